The van der Waals surface area contributed by atoms with Gasteiger partial charge in [-0.1, -0.05) is 0 Å². The van der Waals surface area contributed by atoms with Crippen molar-refractivity contribution in [3.05, 3.63) is 18.0 Å². The molecular formula is C9H14FN3. The van der Waals surface area contributed by atoms with E-state index in [1.54, 1.807) is 6.20 Å². The van der Waals surface area contributed by atoms with Crippen molar-refractivity contribution in [1.29, 1.82) is 0 Å². The topological polar surface area (TPSA) is 29.9 Å². The first-order valence-electron chi connectivity index (χ1n) is 4.66. The van der Waals surface area contributed by atoms with Crippen LogP contribution in [-0.4, -0.2) is 22.9 Å². The molecule has 1 saturated heterocycles. The SMILES string of the molecule is CC(F)c1cnn(C2CCNC2)c1. The molecule has 1 N–H and O–H groups in total. The Morgan fingerprint density at radius 3 is 3.15 bits per heavy atom. The highest BCUT2D eigenvalue weighted by Gasteiger charge is 2.17. The number of nitrogens with zero attached hydrogens (tertiary/aromatic N) is 2. The quantitative estimate of drug-likeness (QED) is 0.752. The van der Waals surface area contributed by atoms with Crippen LogP contribution in [0.25, 0.3) is 0 Å². The third-order valence-corrected chi connectivity index (χ3v) is 2.49. The molecule has 2 heterocycles. The fraction of sp³-hybridized carbons (Fsp3) is 0.667. The molecule has 1 aromatic rings. The van der Waals surface area contributed by atoms with Gasteiger partial charge < -0.3 is 5.32 Å². The number of nitrogens with one attached hydrogen (secondary N) is 1. The smallest absolute Gasteiger partial charge is 0.125 e. The van der Waals surface area contributed by atoms with Crippen LogP contribution in [0.1, 0.15) is 31.1 Å². The van der Waals surface area contributed by atoms with Crippen LogP contribution in [0.15, 0.2) is 12.4 Å². The maximum Gasteiger partial charge on any atom is 0.125 e. The van der Waals surface area contributed by atoms with Crippen LogP contribution < -0.4 is 5.32 Å². The van der Waals surface area contributed by atoms with E-state index in [9.17, 15) is 4.39 Å². The molecule has 1 aromatic heterocycles. The van der Waals surface area contributed by atoms with E-state index in [1.165, 1.54) is 6.92 Å². The molecule has 1 fully saturated rings. The summed E-state index contributed by atoms with van der Waals surface area (Å²) in [7, 11) is 0. The second kappa shape index (κ2) is 3.46. The van der Waals surface area contributed by atoms with Crippen molar-refractivity contribution >= 4 is 0 Å². The van der Waals surface area contributed by atoms with Gasteiger partial charge in [-0.05, 0) is 19.9 Å². The molecule has 13 heavy (non-hydrogen) atoms. The van der Waals surface area contributed by atoms with Crippen LogP contribution in [0.2, 0.25) is 0 Å². The summed E-state index contributed by atoms with van der Waals surface area (Å²) < 4.78 is 14.7. The molecule has 0 amide bonds. The molecule has 1 aliphatic rings. The standard InChI is InChI=1S/C9H14FN3/c1-7(10)8-4-12-13(6-8)9-2-3-11-5-9/h4,6-7,9,11H,2-3,5H2,1H3. The van der Waals surface area contributed by atoms with Crippen LogP contribution in [-0.2, 0) is 0 Å². The molecule has 0 aromatic carbocycles. The van der Waals surface area contributed by atoms with Gasteiger partial charge in [0.2, 0.25) is 0 Å². The zero-order valence-corrected chi connectivity index (χ0v) is 7.70. The minimum atomic E-state index is -0.914. The van der Waals surface area contributed by atoms with Crippen molar-refractivity contribution in [2.24, 2.45) is 0 Å². The predicted octanol–water partition coefficient (Wildman–Crippen LogP) is 1.45. The van der Waals surface area contributed by atoms with Crippen molar-refractivity contribution in [3.8, 4) is 0 Å². The lowest BCUT2D eigenvalue weighted by molar-refractivity contribution is 0.373. The molecule has 4 heteroatoms. The summed E-state index contributed by atoms with van der Waals surface area (Å²) >= 11 is 0. The maximum absolute atomic E-state index is 12.9. The lowest BCUT2D eigenvalue weighted by Crippen LogP contribution is -2.13. The fourth-order valence-electron chi connectivity index (χ4n) is 1.62. The lowest BCUT2D eigenvalue weighted by Gasteiger charge is -2.07. The number of hydrogen-bond acceptors (Lipinski definition) is 2. The number of hydrogen-bond donors (Lipinski definition) is 1. The number of aromatic nitrogens is 2. The van der Waals surface area contributed by atoms with Gasteiger partial charge in [-0.25, -0.2) is 4.39 Å². The third kappa shape index (κ3) is 1.72. The van der Waals surface area contributed by atoms with E-state index < -0.39 is 6.17 Å². The molecule has 0 aliphatic carbocycles. The maximum atomic E-state index is 12.9. The van der Waals surface area contributed by atoms with Crippen molar-refractivity contribution in [3.63, 3.8) is 0 Å². The Labute approximate surface area is 76.9 Å². The van der Waals surface area contributed by atoms with E-state index in [-0.39, 0.29) is 0 Å². The minimum absolute atomic E-state index is 0.410. The van der Waals surface area contributed by atoms with E-state index in [2.05, 4.69) is 10.4 Å². The summed E-state index contributed by atoms with van der Waals surface area (Å²) in [6.07, 6.45) is 3.59. The Bertz CT molecular complexity index is 276. The number of alkyl halides is 1. The largest absolute Gasteiger partial charge is 0.315 e. The molecule has 2 unspecified atom stereocenters. The zero-order valence-electron chi connectivity index (χ0n) is 7.70. The van der Waals surface area contributed by atoms with Crippen LogP contribution >= 0.6 is 0 Å². The van der Waals surface area contributed by atoms with Crippen LogP contribution in [0.3, 0.4) is 0 Å². The second-order valence-corrected chi connectivity index (χ2v) is 3.52. The normalized spacial score (nSPS) is 24.9. The van der Waals surface area contributed by atoms with Gasteiger partial charge in [0.15, 0.2) is 0 Å². The average molecular weight is 183 g/mol. The Kier molecular flexibility index (Phi) is 2.31. The minimum Gasteiger partial charge on any atom is -0.315 e. The first-order chi connectivity index (χ1) is 6.27. The molecule has 0 bridgehead atoms. The van der Waals surface area contributed by atoms with Crippen molar-refractivity contribution in [1.82, 2.24) is 15.1 Å². The zero-order chi connectivity index (χ0) is 9.26. The highest BCUT2D eigenvalue weighted by atomic mass is 19.1. The first kappa shape index (κ1) is 8.69. The molecular weight excluding hydrogens is 169 g/mol. The van der Waals surface area contributed by atoms with E-state index in [4.69, 9.17) is 0 Å². The van der Waals surface area contributed by atoms with Crippen LogP contribution in [0.5, 0.6) is 0 Å². The van der Waals surface area contributed by atoms with Crippen molar-refractivity contribution in [2.45, 2.75) is 25.6 Å². The Hall–Kier alpha value is -0.900. The van der Waals surface area contributed by atoms with E-state index in [1.807, 2.05) is 10.9 Å². The van der Waals surface area contributed by atoms with Gasteiger partial charge in [-0.15, -0.1) is 0 Å². The molecule has 3 nitrogen and oxygen atoms in total. The summed E-state index contributed by atoms with van der Waals surface area (Å²) in [5, 5.41) is 7.41. The Balaban J connectivity index is 2.12. The van der Waals surface area contributed by atoms with Gasteiger partial charge in [-0.2, -0.15) is 5.10 Å². The van der Waals surface area contributed by atoms with Crippen LogP contribution in [0.4, 0.5) is 4.39 Å². The molecule has 0 spiro atoms. The Morgan fingerprint density at radius 2 is 2.62 bits per heavy atom. The van der Waals surface area contributed by atoms with Gasteiger partial charge in [-0.3, -0.25) is 4.68 Å². The fourth-order valence-corrected chi connectivity index (χ4v) is 1.62. The summed E-state index contributed by atoms with van der Waals surface area (Å²) in [5.74, 6) is 0. The molecule has 0 radical (unpaired) electrons. The van der Waals surface area contributed by atoms with Crippen LogP contribution in [0, 0.1) is 0 Å². The average Bonchev–Trinajstić information content (AvgIpc) is 2.75. The predicted molar refractivity (Wildman–Crippen MR) is 48.3 cm³/mol. The van der Waals surface area contributed by atoms with Gasteiger partial charge in [0.05, 0.1) is 12.2 Å². The molecule has 72 valence electrons. The number of rotatable bonds is 2. The van der Waals surface area contributed by atoms with E-state index >= 15 is 0 Å². The number of halogens is 1. The monoisotopic (exact) mass is 183 g/mol. The van der Waals surface area contributed by atoms with Crippen molar-refractivity contribution < 1.29 is 4.39 Å². The summed E-state index contributed by atoms with van der Waals surface area (Å²) in [5.41, 5.74) is 0.673. The summed E-state index contributed by atoms with van der Waals surface area (Å²) in [6, 6.07) is 0.410. The van der Waals surface area contributed by atoms with Gasteiger partial charge in [0.1, 0.15) is 6.17 Å². The summed E-state index contributed by atoms with van der Waals surface area (Å²) in [4.78, 5) is 0. The Morgan fingerprint density at radius 1 is 1.77 bits per heavy atom. The van der Waals surface area contributed by atoms with Gasteiger partial charge >= 0.3 is 0 Å². The highest BCUT2D eigenvalue weighted by Crippen LogP contribution is 2.19. The van der Waals surface area contributed by atoms with Gasteiger partial charge in [0.25, 0.3) is 0 Å². The highest BCUT2D eigenvalue weighted by molar-refractivity contribution is 5.07. The van der Waals surface area contributed by atoms with Crippen molar-refractivity contribution in [2.75, 3.05) is 13.1 Å². The molecule has 0 saturated carbocycles. The van der Waals surface area contributed by atoms with Gasteiger partial charge in [0, 0.05) is 18.3 Å². The summed E-state index contributed by atoms with van der Waals surface area (Å²) in [6.45, 7) is 3.51. The van der Waals surface area contributed by atoms with E-state index in [0.717, 1.165) is 19.5 Å². The second-order valence-electron chi connectivity index (χ2n) is 3.52. The van der Waals surface area contributed by atoms with E-state index in [0.29, 0.717) is 11.6 Å². The molecule has 2 atom stereocenters. The lowest BCUT2D eigenvalue weighted by atomic mass is 10.2. The first-order valence-corrected chi connectivity index (χ1v) is 4.66. The third-order valence-electron chi connectivity index (χ3n) is 2.49. The molecule has 2 rings (SSSR count). The molecule has 1 aliphatic heterocycles.